The molecular formula is C13H18N6O. The first-order chi connectivity index (χ1) is 9.41. The van der Waals surface area contributed by atoms with E-state index in [0.717, 1.165) is 33.9 Å². The monoisotopic (exact) mass is 274 g/mol. The minimum absolute atomic E-state index is 0.0129. The third kappa shape index (κ3) is 1.55. The Morgan fingerprint density at radius 1 is 1.20 bits per heavy atom. The average Bonchev–Trinajstić information content (AvgIpc) is 2.96. The van der Waals surface area contributed by atoms with Crippen molar-refractivity contribution >= 4 is 17.1 Å². The van der Waals surface area contributed by atoms with Crippen molar-refractivity contribution < 1.29 is 4.52 Å². The predicted molar refractivity (Wildman–Crippen MR) is 75.4 cm³/mol. The number of hydrogen-bond donors (Lipinski definition) is 1. The molecule has 3 rings (SSSR count). The zero-order valence-corrected chi connectivity index (χ0v) is 12.3. The summed E-state index contributed by atoms with van der Waals surface area (Å²) < 4.78 is 9.04. The molecule has 2 N–H and O–H groups in total. The van der Waals surface area contributed by atoms with Gasteiger partial charge in [-0.1, -0.05) is 5.16 Å². The summed E-state index contributed by atoms with van der Waals surface area (Å²) in [5.41, 5.74) is 10.6. The average molecular weight is 274 g/mol. The molecule has 0 aliphatic carbocycles. The first-order valence-electron chi connectivity index (χ1n) is 6.51. The first-order valence-corrected chi connectivity index (χ1v) is 6.51. The largest absolute Gasteiger partial charge is 0.369 e. The summed E-state index contributed by atoms with van der Waals surface area (Å²) in [5.74, 6) is 1.28. The summed E-state index contributed by atoms with van der Waals surface area (Å²) in [5, 5.41) is 8.41. The number of nitrogen functional groups attached to an aromatic ring is 1. The Hall–Kier alpha value is -2.31. The topological polar surface area (TPSA) is 87.7 Å². The van der Waals surface area contributed by atoms with Crippen molar-refractivity contribution in [2.45, 2.75) is 33.7 Å². The number of nitrogens with zero attached hydrogens (tertiary/aromatic N) is 5. The van der Waals surface area contributed by atoms with Crippen LogP contribution in [-0.2, 0) is 7.05 Å². The molecule has 0 aliphatic rings. The number of nitrogens with two attached hydrogens (primary N) is 1. The Balaban J connectivity index is 2.27. The molecule has 0 fully saturated rings. The number of rotatable bonds is 2. The van der Waals surface area contributed by atoms with Crippen molar-refractivity contribution in [1.82, 2.24) is 24.5 Å². The highest BCUT2D eigenvalue weighted by atomic mass is 16.5. The second-order valence-corrected chi connectivity index (χ2v) is 5.14. The summed E-state index contributed by atoms with van der Waals surface area (Å²) in [6, 6.07) is -0.0129. The summed E-state index contributed by atoms with van der Waals surface area (Å²) in [6.07, 6.45) is 0. The summed E-state index contributed by atoms with van der Waals surface area (Å²) in [4.78, 5) is 4.43. The van der Waals surface area contributed by atoms with E-state index < -0.39 is 0 Å². The molecule has 3 aromatic rings. The number of aromatic nitrogens is 5. The summed E-state index contributed by atoms with van der Waals surface area (Å²) in [7, 11) is 1.90. The Morgan fingerprint density at radius 3 is 2.50 bits per heavy atom. The second-order valence-electron chi connectivity index (χ2n) is 5.14. The van der Waals surface area contributed by atoms with E-state index in [1.54, 1.807) is 0 Å². The van der Waals surface area contributed by atoms with Crippen molar-refractivity contribution in [3.63, 3.8) is 0 Å². The van der Waals surface area contributed by atoms with Crippen molar-refractivity contribution in [3.8, 4) is 0 Å². The molecular weight excluding hydrogens is 256 g/mol. The van der Waals surface area contributed by atoms with Crippen LogP contribution in [0, 0.1) is 20.8 Å². The van der Waals surface area contributed by atoms with E-state index >= 15 is 0 Å². The van der Waals surface area contributed by atoms with Gasteiger partial charge >= 0.3 is 0 Å². The summed E-state index contributed by atoms with van der Waals surface area (Å²) in [6.45, 7) is 7.83. The standard InChI is InChI=1S/C13H18N6O/c1-6-10(9(4)20-17-6)8(3)19-12-11(15-13(19)14)7(2)16-18(12)5/h8H,1-5H3,(H2,14,15). The molecule has 7 heteroatoms. The van der Waals surface area contributed by atoms with Crippen LogP contribution in [0.15, 0.2) is 4.52 Å². The van der Waals surface area contributed by atoms with Gasteiger partial charge in [0, 0.05) is 12.6 Å². The predicted octanol–water partition coefficient (Wildman–Crippen LogP) is 1.87. The number of fused-ring (bicyclic) bond motifs is 1. The molecule has 1 unspecified atom stereocenters. The summed E-state index contributed by atoms with van der Waals surface area (Å²) >= 11 is 0. The fraction of sp³-hybridized carbons (Fsp3) is 0.462. The minimum atomic E-state index is -0.0129. The van der Waals surface area contributed by atoms with E-state index in [2.05, 4.69) is 22.2 Å². The normalized spacial score (nSPS) is 13.2. The van der Waals surface area contributed by atoms with Crippen LogP contribution in [0.5, 0.6) is 0 Å². The van der Waals surface area contributed by atoms with E-state index in [0.29, 0.717) is 5.95 Å². The number of imidazole rings is 1. The molecule has 20 heavy (non-hydrogen) atoms. The van der Waals surface area contributed by atoms with Crippen LogP contribution < -0.4 is 5.73 Å². The SMILES string of the molecule is Cc1noc(C)c1C(C)n1c(N)nc2c(C)nn(C)c21. The fourth-order valence-corrected chi connectivity index (χ4v) is 2.91. The van der Waals surface area contributed by atoms with Crippen molar-refractivity contribution in [2.24, 2.45) is 7.05 Å². The van der Waals surface area contributed by atoms with Crippen LogP contribution in [0.3, 0.4) is 0 Å². The molecule has 0 radical (unpaired) electrons. The maximum atomic E-state index is 6.10. The van der Waals surface area contributed by atoms with Gasteiger partial charge in [-0.25, -0.2) is 4.98 Å². The van der Waals surface area contributed by atoms with Gasteiger partial charge in [-0.3, -0.25) is 9.25 Å². The van der Waals surface area contributed by atoms with Gasteiger partial charge in [0.25, 0.3) is 0 Å². The number of aryl methyl sites for hydroxylation is 4. The Bertz CT molecular complexity index is 774. The van der Waals surface area contributed by atoms with Crippen molar-refractivity contribution in [3.05, 3.63) is 22.7 Å². The molecule has 3 heterocycles. The van der Waals surface area contributed by atoms with Crippen LogP contribution in [-0.4, -0.2) is 24.5 Å². The van der Waals surface area contributed by atoms with E-state index in [9.17, 15) is 0 Å². The quantitative estimate of drug-likeness (QED) is 0.770. The first kappa shape index (κ1) is 12.7. The zero-order chi connectivity index (χ0) is 14.6. The van der Waals surface area contributed by atoms with Gasteiger partial charge in [-0.2, -0.15) is 5.10 Å². The smallest absolute Gasteiger partial charge is 0.203 e. The molecule has 0 saturated heterocycles. The maximum absolute atomic E-state index is 6.10. The molecule has 3 aromatic heterocycles. The van der Waals surface area contributed by atoms with Gasteiger partial charge in [0.15, 0.2) is 5.65 Å². The van der Waals surface area contributed by atoms with Gasteiger partial charge < -0.3 is 10.3 Å². The minimum Gasteiger partial charge on any atom is -0.369 e. The number of anilines is 1. The van der Waals surface area contributed by atoms with Crippen LogP contribution >= 0.6 is 0 Å². The van der Waals surface area contributed by atoms with Crippen LogP contribution in [0.25, 0.3) is 11.2 Å². The van der Waals surface area contributed by atoms with E-state index in [1.165, 1.54) is 0 Å². The van der Waals surface area contributed by atoms with Crippen LogP contribution in [0.2, 0.25) is 0 Å². The lowest BCUT2D eigenvalue weighted by Crippen LogP contribution is -2.13. The Morgan fingerprint density at radius 2 is 1.90 bits per heavy atom. The molecule has 0 aliphatic heterocycles. The Kier molecular flexibility index (Phi) is 2.60. The molecule has 0 saturated carbocycles. The molecule has 0 aromatic carbocycles. The third-order valence-electron chi connectivity index (χ3n) is 3.76. The fourth-order valence-electron chi connectivity index (χ4n) is 2.91. The molecule has 106 valence electrons. The van der Waals surface area contributed by atoms with Gasteiger partial charge in [0.05, 0.1) is 17.4 Å². The maximum Gasteiger partial charge on any atom is 0.203 e. The highest BCUT2D eigenvalue weighted by Gasteiger charge is 2.24. The molecule has 1 atom stereocenters. The molecule has 0 amide bonds. The lowest BCUT2D eigenvalue weighted by Gasteiger charge is -2.15. The van der Waals surface area contributed by atoms with Crippen molar-refractivity contribution in [2.75, 3.05) is 5.73 Å². The Labute approximate surface area is 116 Å². The van der Waals surface area contributed by atoms with Gasteiger partial charge in [-0.05, 0) is 27.7 Å². The van der Waals surface area contributed by atoms with Gasteiger partial charge in [0.1, 0.15) is 11.3 Å². The third-order valence-corrected chi connectivity index (χ3v) is 3.76. The molecule has 0 bridgehead atoms. The molecule has 0 spiro atoms. The van der Waals surface area contributed by atoms with E-state index in [4.69, 9.17) is 10.3 Å². The van der Waals surface area contributed by atoms with Gasteiger partial charge in [0.2, 0.25) is 5.95 Å². The van der Waals surface area contributed by atoms with E-state index in [1.807, 2.05) is 37.1 Å². The highest BCUT2D eigenvalue weighted by molar-refractivity contribution is 5.78. The second kappa shape index (κ2) is 4.09. The zero-order valence-electron chi connectivity index (χ0n) is 12.3. The van der Waals surface area contributed by atoms with Crippen LogP contribution in [0.4, 0.5) is 5.95 Å². The van der Waals surface area contributed by atoms with Crippen molar-refractivity contribution in [1.29, 1.82) is 0 Å². The van der Waals surface area contributed by atoms with Crippen LogP contribution in [0.1, 0.15) is 35.7 Å². The number of hydrogen-bond acceptors (Lipinski definition) is 5. The molecule has 7 nitrogen and oxygen atoms in total. The van der Waals surface area contributed by atoms with E-state index in [-0.39, 0.29) is 6.04 Å². The van der Waals surface area contributed by atoms with Gasteiger partial charge in [-0.15, -0.1) is 0 Å². The highest BCUT2D eigenvalue weighted by Crippen LogP contribution is 2.31. The lowest BCUT2D eigenvalue weighted by atomic mass is 10.1. The lowest BCUT2D eigenvalue weighted by molar-refractivity contribution is 0.391.